The van der Waals surface area contributed by atoms with Gasteiger partial charge in [0.2, 0.25) is 0 Å². The number of hydrogen-bond acceptors (Lipinski definition) is 3. The number of rotatable bonds is 2. The summed E-state index contributed by atoms with van der Waals surface area (Å²) in [5.74, 6) is 2.31. The van der Waals surface area contributed by atoms with E-state index in [4.69, 9.17) is 15.9 Å². The summed E-state index contributed by atoms with van der Waals surface area (Å²) in [6, 6.07) is 0. The second-order valence-corrected chi connectivity index (χ2v) is 5.28. The van der Waals surface area contributed by atoms with Gasteiger partial charge in [0.25, 0.3) is 0 Å². The Kier molecular flexibility index (Phi) is 4.97. The molecule has 1 aliphatic rings. The molecule has 0 unspecified atom stereocenters. The average molecular weight is 257 g/mol. The van der Waals surface area contributed by atoms with Crippen LogP contribution in [0.4, 0.5) is 9.18 Å². The Morgan fingerprint density at radius 3 is 2.72 bits per heavy atom. The molecule has 0 aromatic carbocycles. The molecule has 1 saturated heterocycles. The maximum absolute atomic E-state index is 13.8. The molecule has 4 nitrogen and oxygen atoms in total. The van der Waals surface area contributed by atoms with Crippen LogP contribution in [0, 0.1) is 12.3 Å². The number of carbonyl (C=O) groups is 1. The third kappa shape index (κ3) is 4.53. The van der Waals surface area contributed by atoms with Crippen molar-refractivity contribution in [2.45, 2.75) is 45.1 Å². The van der Waals surface area contributed by atoms with E-state index in [2.05, 4.69) is 5.92 Å². The summed E-state index contributed by atoms with van der Waals surface area (Å²) >= 11 is 0. The maximum atomic E-state index is 13.8. The lowest BCUT2D eigenvalue weighted by molar-refractivity contribution is -0.0423. The van der Waals surface area contributed by atoms with Gasteiger partial charge in [-0.25, -0.2) is 9.18 Å². The van der Waals surface area contributed by atoms with E-state index in [0.29, 0.717) is 13.0 Å². The summed E-state index contributed by atoms with van der Waals surface area (Å²) in [6.07, 6.45) is 3.25. The van der Waals surface area contributed by atoms with Crippen LogP contribution in [0.15, 0.2) is 0 Å². The molecule has 0 saturated carbocycles. The highest BCUT2D eigenvalue weighted by atomic mass is 19.1. The Balaban J connectivity index is 2.45. The van der Waals surface area contributed by atoms with Gasteiger partial charge in [0.1, 0.15) is 18.4 Å². The third-order valence-corrected chi connectivity index (χ3v) is 2.51. The Hall–Kier alpha value is -1.28. The molecule has 0 aromatic heterocycles. The maximum Gasteiger partial charge on any atom is 0.410 e. The number of hydrogen-bond donors (Lipinski definition) is 0. The molecule has 0 aromatic rings. The lowest BCUT2D eigenvalue weighted by Crippen LogP contribution is -2.49. The molecule has 1 rings (SSSR count). The molecule has 102 valence electrons. The van der Waals surface area contributed by atoms with Crippen LogP contribution in [0.1, 0.15) is 27.2 Å². The minimum atomic E-state index is -1.22. The van der Waals surface area contributed by atoms with Crippen molar-refractivity contribution in [3.05, 3.63) is 0 Å². The largest absolute Gasteiger partial charge is 0.444 e. The molecule has 0 radical (unpaired) electrons. The van der Waals surface area contributed by atoms with Crippen LogP contribution in [0.5, 0.6) is 0 Å². The fourth-order valence-corrected chi connectivity index (χ4v) is 1.72. The quantitative estimate of drug-likeness (QED) is 0.710. The average Bonchev–Trinajstić information content (AvgIpc) is 2.25. The Bertz CT molecular complexity index is 332. The van der Waals surface area contributed by atoms with Crippen molar-refractivity contribution >= 4 is 6.09 Å². The molecule has 2 atom stereocenters. The molecule has 1 heterocycles. The van der Waals surface area contributed by atoms with Gasteiger partial charge in [-0.05, 0) is 27.2 Å². The Labute approximate surface area is 107 Å². The van der Waals surface area contributed by atoms with Gasteiger partial charge in [0, 0.05) is 6.54 Å². The number of amides is 1. The number of ether oxygens (including phenoxy) is 2. The predicted octanol–water partition coefficient (Wildman–Crippen LogP) is 1.98. The zero-order valence-corrected chi connectivity index (χ0v) is 11.1. The monoisotopic (exact) mass is 257 g/mol. The second-order valence-electron chi connectivity index (χ2n) is 5.28. The first kappa shape index (κ1) is 14.8. The molecular formula is C13H20FNO3. The van der Waals surface area contributed by atoms with E-state index >= 15 is 0 Å². The number of piperidine rings is 1. The molecule has 18 heavy (non-hydrogen) atoms. The van der Waals surface area contributed by atoms with Crippen molar-refractivity contribution in [2.24, 2.45) is 0 Å². The Morgan fingerprint density at radius 2 is 2.22 bits per heavy atom. The lowest BCUT2D eigenvalue weighted by atomic mass is 10.1. The third-order valence-electron chi connectivity index (χ3n) is 2.51. The summed E-state index contributed by atoms with van der Waals surface area (Å²) in [5.41, 5.74) is -0.570. The van der Waals surface area contributed by atoms with E-state index in [-0.39, 0.29) is 13.2 Å². The van der Waals surface area contributed by atoms with Crippen LogP contribution in [-0.2, 0) is 9.47 Å². The normalized spacial score (nSPS) is 24.5. The van der Waals surface area contributed by atoms with Crippen molar-refractivity contribution in [1.82, 2.24) is 4.90 Å². The number of nitrogens with zero attached hydrogens (tertiary/aromatic N) is 1. The first-order valence-electron chi connectivity index (χ1n) is 6.00. The van der Waals surface area contributed by atoms with Gasteiger partial charge >= 0.3 is 6.09 Å². The van der Waals surface area contributed by atoms with E-state index in [1.54, 1.807) is 20.8 Å². The van der Waals surface area contributed by atoms with Crippen molar-refractivity contribution in [3.63, 3.8) is 0 Å². The first-order chi connectivity index (χ1) is 8.33. The van der Waals surface area contributed by atoms with Gasteiger partial charge in [-0.1, -0.05) is 5.92 Å². The highest BCUT2D eigenvalue weighted by molar-refractivity contribution is 5.68. The van der Waals surface area contributed by atoms with Crippen LogP contribution in [-0.4, -0.2) is 48.6 Å². The molecule has 1 amide bonds. The lowest BCUT2D eigenvalue weighted by Gasteiger charge is -2.35. The highest BCUT2D eigenvalue weighted by Crippen LogP contribution is 2.19. The minimum Gasteiger partial charge on any atom is -0.444 e. The number of likely N-dealkylation sites (tertiary alicyclic amines) is 1. The van der Waals surface area contributed by atoms with Gasteiger partial charge < -0.3 is 14.4 Å². The van der Waals surface area contributed by atoms with E-state index in [9.17, 15) is 9.18 Å². The van der Waals surface area contributed by atoms with Crippen molar-refractivity contribution in [1.29, 1.82) is 0 Å². The smallest absolute Gasteiger partial charge is 0.410 e. The van der Waals surface area contributed by atoms with Gasteiger partial charge in [-0.3, -0.25) is 0 Å². The second kappa shape index (κ2) is 6.05. The number of terminal acetylenes is 1. The van der Waals surface area contributed by atoms with Crippen molar-refractivity contribution in [3.8, 4) is 12.3 Å². The SMILES string of the molecule is C#CCO[C@H]1CCN(C(=O)OC(C)(C)C)C[C@H]1F. The fourth-order valence-electron chi connectivity index (χ4n) is 1.72. The van der Waals surface area contributed by atoms with Crippen LogP contribution in [0.2, 0.25) is 0 Å². The van der Waals surface area contributed by atoms with Crippen LogP contribution < -0.4 is 0 Å². The van der Waals surface area contributed by atoms with Crippen molar-refractivity contribution in [2.75, 3.05) is 19.7 Å². The summed E-state index contributed by atoms with van der Waals surface area (Å²) in [5, 5.41) is 0. The van der Waals surface area contributed by atoms with Crippen LogP contribution in [0.3, 0.4) is 0 Å². The summed E-state index contributed by atoms with van der Waals surface area (Å²) < 4.78 is 24.1. The van der Waals surface area contributed by atoms with Crippen LogP contribution in [0.25, 0.3) is 0 Å². The van der Waals surface area contributed by atoms with Gasteiger partial charge in [-0.2, -0.15) is 0 Å². The molecule has 0 spiro atoms. The van der Waals surface area contributed by atoms with E-state index in [1.807, 2.05) is 0 Å². The molecule has 0 aliphatic carbocycles. The predicted molar refractivity (Wildman–Crippen MR) is 65.9 cm³/mol. The molecule has 1 aliphatic heterocycles. The zero-order chi connectivity index (χ0) is 13.8. The Morgan fingerprint density at radius 1 is 1.56 bits per heavy atom. The van der Waals surface area contributed by atoms with Gasteiger partial charge in [0.05, 0.1) is 12.6 Å². The van der Waals surface area contributed by atoms with Crippen LogP contribution >= 0.6 is 0 Å². The van der Waals surface area contributed by atoms with Gasteiger partial charge in [-0.15, -0.1) is 6.42 Å². The molecule has 1 fully saturated rings. The van der Waals surface area contributed by atoms with E-state index < -0.39 is 24.0 Å². The summed E-state index contributed by atoms with van der Waals surface area (Å²) in [4.78, 5) is 13.1. The molecule has 0 N–H and O–H groups in total. The van der Waals surface area contributed by atoms with E-state index in [0.717, 1.165) is 0 Å². The fraction of sp³-hybridized carbons (Fsp3) is 0.769. The summed E-state index contributed by atoms with van der Waals surface area (Å²) in [6.45, 7) is 5.84. The number of alkyl halides is 1. The standard InChI is InChI=1S/C13H20FNO3/c1-5-8-17-11-6-7-15(9-10(11)14)12(16)18-13(2,3)4/h1,10-11H,6-9H2,2-4H3/t10-,11+/m1/s1. The van der Waals surface area contributed by atoms with Crippen molar-refractivity contribution < 1.29 is 18.7 Å². The number of halogens is 1. The molecule has 5 heteroatoms. The van der Waals surface area contributed by atoms with Gasteiger partial charge in [0.15, 0.2) is 0 Å². The topological polar surface area (TPSA) is 38.8 Å². The van der Waals surface area contributed by atoms with E-state index in [1.165, 1.54) is 4.90 Å². The number of carbonyl (C=O) groups excluding carboxylic acids is 1. The first-order valence-corrected chi connectivity index (χ1v) is 6.00. The molecular weight excluding hydrogens is 237 g/mol. The summed E-state index contributed by atoms with van der Waals surface area (Å²) in [7, 11) is 0. The minimum absolute atomic E-state index is 0.00977. The zero-order valence-electron chi connectivity index (χ0n) is 11.1. The molecule has 0 bridgehead atoms. The highest BCUT2D eigenvalue weighted by Gasteiger charge is 2.33.